The predicted molar refractivity (Wildman–Crippen MR) is 78.4 cm³/mol. The molecule has 0 bridgehead atoms. The van der Waals surface area contributed by atoms with Gasteiger partial charge in [0.25, 0.3) is 0 Å². The Bertz CT molecular complexity index is 374. The predicted octanol–water partition coefficient (Wildman–Crippen LogP) is 2.20. The fraction of sp³-hybridized carbons (Fsp3) is 0.533. The maximum absolute atomic E-state index is 11.5. The first-order valence-electron chi connectivity index (χ1n) is 6.73. The molecule has 1 aromatic rings. The highest BCUT2D eigenvalue weighted by atomic mass is 16.5. The first kappa shape index (κ1) is 15.7. The molecular weight excluding hydrogens is 240 g/mol. The quantitative estimate of drug-likeness (QED) is 0.757. The second-order valence-electron chi connectivity index (χ2n) is 4.85. The van der Waals surface area contributed by atoms with Crippen LogP contribution in [0.15, 0.2) is 24.3 Å². The van der Waals surface area contributed by atoms with Crippen LogP contribution in [0, 0.1) is 0 Å². The maximum atomic E-state index is 11.5. The van der Waals surface area contributed by atoms with Gasteiger partial charge >= 0.3 is 0 Å². The number of carbonyl (C=O) groups is 1. The van der Waals surface area contributed by atoms with Crippen molar-refractivity contribution in [2.45, 2.75) is 32.7 Å². The number of nitrogens with one attached hydrogen (secondary N) is 2. The highest BCUT2D eigenvalue weighted by Crippen LogP contribution is 2.10. The van der Waals surface area contributed by atoms with E-state index in [1.54, 1.807) is 7.11 Å². The number of hydrogen-bond acceptors (Lipinski definition) is 3. The van der Waals surface area contributed by atoms with E-state index < -0.39 is 0 Å². The Morgan fingerprint density at radius 2 is 1.95 bits per heavy atom. The molecule has 4 nitrogen and oxygen atoms in total. The van der Waals surface area contributed by atoms with E-state index in [4.69, 9.17) is 4.74 Å². The van der Waals surface area contributed by atoms with E-state index >= 15 is 0 Å². The van der Waals surface area contributed by atoms with Crippen LogP contribution in [0.5, 0.6) is 0 Å². The Morgan fingerprint density at radius 1 is 1.26 bits per heavy atom. The summed E-state index contributed by atoms with van der Waals surface area (Å²) in [5, 5.41) is 6.22. The average Bonchev–Trinajstić information content (AvgIpc) is 2.38. The van der Waals surface area contributed by atoms with E-state index in [0.29, 0.717) is 19.1 Å². The molecule has 0 fully saturated rings. The van der Waals surface area contributed by atoms with Gasteiger partial charge < -0.3 is 15.4 Å². The Morgan fingerprint density at radius 3 is 2.53 bits per heavy atom. The summed E-state index contributed by atoms with van der Waals surface area (Å²) in [5.74, 6) is -0.0175. The molecular formula is C15H24N2O2. The third-order valence-corrected chi connectivity index (χ3v) is 2.74. The largest absolute Gasteiger partial charge is 0.384 e. The minimum Gasteiger partial charge on any atom is -0.384 e. The summed E-state index contributed by atoms with van der Waals surface area (Å²) in [4.78, 5) is 11.5. The molecule has 19 heavy (non-hydrogen) atoms. The lowest BCUT2D eigenvalue weighted by Gasteiger charge is -2.09. The molecule has 0 saturated carbocycles. The van der Waals surface area contributed by atoms with Gasteiger partial charge in [-0.3, -0.25) is 4.79 Å². The van der Waals surface area contributed by atoms with Crippen LogP contribution in [0.4, 0.5) is 5.69 Å². The molecule has 1 amide bonds. The smallest absolute Gasteiger partial charge is 0.226 e. The van der Waals surface area contributed by atoms with Crippen molar-refractivity contribution in [3.05, 3.63) is 29.8 Å². The fourth-order valence-corrected chi connectivity index (χ4v) is 1.68. The first-order chi connectivity index (χ1) is 9.11. The van der Waals surface area contributed by atoms with Gasteiger partial charge in [-0.2, -0.15) is 0 Å². The van der Waals surface area contributed by atoms with Crippen molar-refractivity contribution in [3.63, 3.8) is 0 Å². The van der Waals surface area contributed by atoms with Gasteiger partial charge in [0.15, 0.2) is 0 Å². The average molecular weight is 264 g/mol. The summed E-state index contributed by atoms with van der Waals surface area (Å²) in [6.07, 6.45) is 1.38. The Labute approximate surface area is 115 Å². The summed E-state index contributed by atoms with van der Waals surface area (Å²) in [7, 11) is 1.59. The molecule has 0 aromatic heterocycles. The van der Waals surface area contributed by atoms with Gasteiger partial charge in [0.2, 0.25) is 5.91 Å². The van der Waals surface area contributed by atoms with Crippen LogP contribution in [0.25, 0.3) is 0 Å². The zero-order chi connectivity index (χ0) is 14.1. The molecule has 0 radical (unpaired) electrons. The number of hydrogen-bond donors (Lipinski definition) is 2. The molecule has 2 N–H and O–H groups in total. The minimum absolute atomic E-state index is 0.0175. The summed E-state index contributed by atoms with van der Waals surface area (Å²) in [6.45, 7) is 5.69. The zero-order valence-corrected chi connectivity index (χ0v) is 12.0. The maximum Gasteiger partial charge on any atom is 0.226 e. The van der Waals surface area contributed by atoms with Gasteiger partial charge in [0.05, 0.1) is 13.0 Å². The molecule has 0 aliphatic rings. The molecule has 0 aliphatic carbocycles. The molecule has 0 unspecified atom stereocenters. The summed E-state index contributed by atoms with van der Waals surface area (Å²) in [5.41, 5.74) is 2.10. The van der Waals surface area contributed by atoms with Crippen molar-refractivity contribution in [1.82, 2.24) is 5.32 Å². The molecule has 1 rings (SSSR count). The lowest BCUT2D eigenvalue weighted by Crippen LogP contribution is -2.24. The standard InChI is InChI=1S/C15H24N2O2/c1-12(2)16-10-8-13-4-6-14(7-5-13)17-15(18)9-11-19-3/h4-7,12,16H,8-11H2,1-3H3,(H,17,18). The number of amides is 1. The molecule has 0 heterocycles. The van der Waals surface area contributed by atoms with Crippen molar-refractivity contribution in [1.29, 1.82) is 0 Å². The van der Waals surface area contributed by atoms with E-state index in [1.165, 1.54) is 5.56 Å². The number of carbonyl (C=O) groups excluding carboxylic acids is 1. The van der Waals surface area contributed by atoms with Crippen LogP contribution < -0.4 is 10.6 Å². The van der Waals surface area contributed by atoms with Gasteiger partial charge in [-0.1, -0.05) is 26.0 Å². The molecule has 0 atom stereocenters. The second kappa shape index (κ2) is 8.67. The molecule has 1 aromatic carbocycles. The monoisotopic (exact) mass is 264 g/mol. The second-order valence-corrected chi connectivity index (χ2v) is 4.85. The van der Waals surface area contributed by atoms with Crippen LogP contribution in [0.3, 0.4) is 0 Å². The van der Waals surface area contributed by atoms with Crippen molar-refractivity contribution < 1.29 is 9.53 Å². The van der Waals surface area contributed by atoms with Crippen LogP contribution in [0.1, 0.15) is 25.8 Å². The Hall–Kier alpha value is -1.39. The van der Waals surface area contributed by atoms with E-state index in [0.717, 1.165) is 18.7 Å². The van der Waals surface area contributed by atoms with E-state index in [9.17, 15) is 4.79 Å². The molecule has 0 spiro atoms. The third-order valence-electron chi connectivity index (χ3n) is 2.74. The zero-order valence-electron chi connectivity index (χ0n) is 12.0. The van der Waals surface area contributed by atoms with E-state index in [1.807, 2.05) is 24.3 Å². The SMILES string of the molecule is COCCC(=O)Nc1ccc(CCNC(C)C)cc1. The molecule has 0 aliphatic heterocycles. The van der Waals surface area contributed by atoms with Crippen LogP contribution in [-0.4, -0.2) is 32.2 Å². The third kappa shape index (κ3) is 6.94. The highest BCUT2D eigenvalue weighted by molar-refractivity contribution is 5.90. The van der Waals surface area contributed by atoms with Crippen LogP contribution in [-0.2, 0) is 16.0 Å². The molecule has 106 valence electrons. The van der Waals surface area contributed by atoms with Gasteiger partial charge in [-0.15, -0.1) is 0 Å². The van der Waals surface area contributed by atoms with E-state index in [2.05, 4.69) is 24.5 Å². The van der Waals surface area contributed by atoms with Crippen molar-refractivity contribution >= 4 is 11.6 Å². The number of anilines is 1. The van der Waals surface area contributed by atoms with Crippen molar-refractivity contribution in [2.75, 3.05) is 25.6 Å². The first-order valence-corrected chi connectivity index (χ1v) is 6.73. The number of ether oxygens (including phenoxy) is 1. The van der Waals surface area contributed by atoms with Crippen LogP contribution in [0.2, 0.25) is 0 Å². The van der Waals surface area contributed by atoms with Crippen molar-refractivity contribution in [2.24, 2.45) is 0 Å². The minimum atomic E-state index is -0.0175. The Balaban J connectivity index is 2.36. The lowest BCUT2D eigenvalue weighted by molar-refractivity contribution is -0.117. The number of methoxy groups -OCH3 is 1. The highest BCUT2D eigenvalue weighted by Gasteiger charge is 2.02. The summed E-state index contributed by atoms with van der Waals surface area (Å²) >= 11 is 0. The van der Waals surface area contributed by atoms with Gasteiger partial charge in [0, 0.05) is 18.8 Å². The Kier molecular flexibility index (Phi) is 7.15. The molecule has 0 saturated heterocycles. The van der Waals surface area contributed by atoms with Gasteiger partial charge in [-0.25, -0.2) is 0 Å². The topological polar surface area (TPSA) is 50.4 Å². The van der Waals surface area contributed by atoms with E-state index in [-0.39, 0.29) is 5.91 Å². The molecule has 4 heteroatoms. The fourth-order valence-electron chi connectivity index (χ4n) is 1.68. The normalized spacial score (nSPS) is 10.7. The number of rotatable bonds is 8. The van der Waals surface area contributed by atoms with Gasteiger partial charge in [0.1, 0.15) is 0 Å². The van der Waals surface area contributed by atoms with Crippen LogP contribution >= 0.6 is 0 Å². The lowest BCUT2D eigenvalue weighted by atomic mass is 10.1. The summed E-state index contributed by atoms with van der Waals surface area (Å²) < 4.78 is 4.87. The van der Waals surface area contributed by atoms with Gasteiger partial charge in [-0.05, 0) is 30.7 Å². The van der Waals surface area contributed by atoms with Crippen molar-refractivity contribution in [3.8, 4) is 0 Å². The summed E-state index contributed by atoms with van der Waals surface area (Å²) in [6, 6.07) is 8.49. The number of benzene rings is 1.